The Morgan fingerprint density at radius 2 is 1.72 bits per heavy atom. The molecule has 8 nitrogen and oxygen atoms in total. The van der Waals surface area contributed by atoms with Gasteiger partial charge in [0.05, 0.1) is 19.1 Å². The summed E-state index contributed by atoms with van der Waals surface area (Å²) in [4.78, 5) is 27.4. The fourth-order valence-corrected chi connectivity index (χ4v) is 4.65. The minimum absolute atomic E-state index is 0.0312. The van der Waals surface area contributed by atoms with E-state index in [9.17, 15) is 22.4 Å². The number of hydrogen-bond acceptors (Lipinski definition) is 5. The molecule has 0 bridgehead atoms. The summed E-state index contributed by atoms with van der Waals surface area (Å²) in [6.45, 7) is 5.36. The Morgan fingerprint density at radius 3 is 2.33 bits per heavy atom. The van der Waals surface area contributed by atoms with Gasteiger partial charge in [-0.15, -0.1) is 0 Å². The number of anilines is 1. The highest BCUT2D eigenvalue weighted by Crippen LogP contribution is 2.29. The summed E-state index contributed by atoms with van der Waals surface area (Å²) in [5.74, 6) is -0.783. The van der Waals surface area contributed by atoms with E-state index in [-0.39, 0.29) is 43.8 Å². The quantitative estimate of drug-likeness (QED) is 0.434. The van der Waals surface area contributed by atoms with Crippen molar-refractivity contribution >= 4 is 27.5 Å². The van der Waals surface area contributed by atoms with Crippen LogP contribution in [0.1, 0.15) is 45.6 Å². The summed E-state index contributed by atoms with van der Waals surface area (Å²) < 4.78 is 45.9. The minimum Gasteiger partial charge on any atom is -0.495 e. The second-order valence-electron chi connectivity index (χ2n) is 8.72. The van der Waals surface area contributed by atoms with Gasteiger partial charge in [0.25, 0.3) is 0 Å². The van der Waals surface area contributed by atoms with E-state index in [4.69, 9.17) is 4.74 Å². The van der Waals surface area contributed by atoms with E-state index in [1.807, 2.05) is 13.8 Å². The van der Waals surface area contributed by atoms with Gasteiger partial charge in [-0.2, -0.15) is 0 Å². The summed E-state index contributed by atoms with van der Waals surface area (Å²) in [6, 6.07) is 11.9. The van der Waals surface area contributed by atoms with Gasteiger partial charge < -0.3 is 15.0 Å². The van der Waals surface area contributed by atoms with Gasteiger partial charge in [-0.1, -0.05) is 37.3 Å². The third-order valence-electron chi connectivity index (χ3n) is 5.97. The maximum Gasteiger partial charge on any atom is 0.242 e. The lowest BCUT2D eigenvalue weighted by molar-refractivity contribution is -0.141. The van der Waals surface area contributed by atoms with Gasteiger partial charge >= 0.3 is 0 Å². The Balaban J connectivity index is 2.21. The molecule has 10 heteroatoms. The van der Waals surface area contributed by atoms with Crippen molar-refractivity contribution in [3.8, 4) is 5.75 Å². The average Bonchev–Trinajstić information content (AvgIpc) is 2.84. The van der Waals surface area contributed by atoms with E-state index < -0.39 is 21.9 Å². The van der Waals surface area contributed by atoms with Crippen LogP contribution in [0.15, 0.2) is 48.5 Å². The molecule has 2 amide bonds. The predicted molar refractivity (Wildman–Crippen MR) is 139 cm³/mol. The number of methoxy groups -OCH3 is 1. The molecular formula is C26H36FN3O5S. The number of nitrogens with one attached hydrogen (secondary N) is 1. The standard InChI is InChI=1S/C26H36FN3O5S/c1-6-19(2)28-26(32)20(3)29(18-21-12-7-8-13-22(21)27)25(31)16-11-17-30(36(5,33)34)23-14-9-10-15-24(23)35-4/h7-10,12-15,19-20H,6,11,16-18H2,1-5H3,(H,28,32)/t19-,20-/m0/s1. The van der Waals surface area contributed by atoms with Crippen molar-refractivity contribution < 1.29 is 27.1 Å². The molecule has 2 aromatic rings. The van der Waals surface area contributed by atoms with E-state index in [0.717, 1.165) is 12.7 Å². The van der Waals surface area contributed by atoms with Crippen molar-refractivity contribution in [2.75, 3.05) is 24.2 Å². The highest BCUT2D eigenvalue weighted by molar-refractivity contribution is 7.92. The van der Waals surface area contributed by atoms with Gasteiger partial charge in [0.2, 0.25) is 21.8 Å². The lowest BCUT2D eigenvalue weighted by atomic mass is 10.1. The van der Waals surface area contributed by atoms with Crippen LogP contribution >= 0.6 is 0 Å². The Hall–Kier alpha value is -3.14. The van der Waals surface area contributed by atoms with Gasteiger partial charge in [-0.3, -0.25) is 13.9 Å². The lowest BCUT2D eigenvalue weighted by Crippen LogP contribution is -2.49. The second-order valence-corrected chi connectivity index (χ2v) is 10.6. The van der Waals surface area contributed by atoms with Crippen molar-refractivity contribution in [1.29, 1.82) is 0 Å². The van der Waals surface area contributed by atoms with E-state index in [0.29, 0.717) is 17.0 Å². The number of para-hydroxylation sites is 2. The van der Waals surface area contributed by atoms with Crippen molar-refractivity contribution in [3.63, 3.8) is 0 Å². The molecule has 0 aliphatic heterocycles. The molecule has 0 radical (unpaired) electrons. The Morgan fingerprint density at radius 1 is 1.08 bits per heavy atom. The molecule has 0 saturated heterocycles. The van der Waals surface area contributed by atoms with E-state index in [1.165, 1.54) is 22.4 Å². The predicted octanol–water partition coefficient (Wildman–Crippen LogP) is 3.71. The summed E-state index contributed by atoms with van der Waals surface area (Å²) >= 11 is 0. The zero-order valence-electron chi connectivity index (χ0n) is 21.5. The van der Waals surface area contributed by atoms with Crippen LogP contribution in [0.2, 0.25) is 0 Å². The van der Waals surface area contributed by atoms with Crippen molar-refractivity contribution in [2.45, 2.75) is 58.7 Å². The van der Waals surface area contributed by atoms with Crippen LogP contribution < -0.4 is 14.4 Å². The number of amides is 2. The molecule has 0 unspecified atom stereocenters. The normalized spacial score (nSPS) is 12.9. The number of hydrogen-bond donors (Lipinski definition) is 1. The van der Waals surface area contributed by atoms with E-state index in [1.54, 1.807) is 49.4 Å². The van der Waals surface area contributed by atoms with Crippen molar-refractivity contribution in [2.24, 2.45) is 0 Å². The Labute approximate surface area is 213 Å². The fourth-order valence-electron chi connectivity index (χ4n) is 3.68. The van der Waals surface area contributed by atoms with Crippen LogP contribution in [-0.2, 0) is 26.2 Å². The molecule has 0 aliphatic rings. The second kappa shape index (κ2) is 13.2. The third-order valence-corrected chi connectivity index (χ3v) is 7.15. The van der Waals surface area contributed by atoms with Crippen LogP contribution in [0.4, 0.5) is 10.1 Å². The maximum absolute atomic E-state index is 14.4. The largest absolute Gasteiger partial charge is 0.495 e. The molecule has 2 atom stereocenters. The SMILES string of the molecule is CC[C@H](C)NC(=O)[C@H](C)N(Cc1ccccc1F)C(=O)CCCN(c1ccccc1OC)S(C)(=O)=O. The van der Waals surface area contributed by atoms with Gasteiger partial charge in [-0.05, 0) is 44.9 Å². The number of carbonyl (C=O) groups excluding carboxylic acids is 2. The van der Waals surface area contributed by atoms with Crippen LogP contribution in [0.3, 0.4) is 0 Å². The molecule has 2 rings (SSSR count). The van der Waals surface area contributed by atoms with Gasteiger partial charge in [0.15, 0.2) is 0 Å². The van der Waals surface area contributed by atoms with Crippen LogP contribution in [0.5, 0.6) is 5.75 Å². The Bertz CT molecular complexity index is 1140. The number of rotatable bonds is 13. The number of nitrogens with zero attached hydrogens (tertiary/aromatic N) is 2. The highest BCUT2D eigenvalue weighted by atomic mass is 32.2. The molecule has 1 N–H and O–H groups in total. The van der Waals surface area contributed by atoms with Crippen LogP contribution in [0, 0.1) is 5.82 Å². The van der Waals surface area contributed by atoms with Crippen molar-refractivity contribution in [3.05, 3.63) is 59.9 Å². The third kappa shape index (κ3) is 7.94. The summed E-state index contributed by atoms with van der Waals surface area (Å²) in [5, 5.41) is 2.87. The van der Waals surface area contributed by atoms with Crippen molar-refractivity contribution in [1.82, 2.24) is 10.2 Å². The minimum atomic E-state index is -3.65. The summed E-state index contributed by atoms with van der Waals surface area (Å²) in [6.07, 6.45) is 1.98. The maximum atomic E-state index is 14.4. The van der Waals surface area contributed by atoms with Gasteiger partial charge in [-0.25, -0.2) is 12.8 Å². The molecule has 0 heterocycles. The Kier molecular flexibility index (Phi) is 10.7. The first-order chi connectivity index (χ1) is 17.0. The number of ether oxygens (including phenoxy) is 1. The molecule has 198 valence electrons. The smallest absolute Gasteiger partial charge is 0.242 e. The lowest BCUT2D eigenvalue weighted by Gasteiger charge is -2.30. The first-order valence-electron chi connectivity index (χ1n) is 11.9. The van der Waals surface area contributed by atoms with Gasteiger partial charge in [0, 0.05) is 31.1 Å². The highest BCUT2D eigenvalue weighted by Gasteiger charge is 2.28. The molecule has 0 aromatic heterocycles. The summed E-state index contributed by atoms with van der Waals surface area (Å²) in [7, 11) is -2.20. The van der Waals surface area contributed by atoms with E-state index >= 15 is 0 Å². The van der Waals surface area contributed by atoms with Crippen LogP contribution in [-0.4, -0.2) is 57.1 Å². The molecule has 0 fully saturated rings. The zero-order chi connectivity index (χ0) is 26.9. The zero-order valence-corrected chi connectivity index (χ0v) is 22.3. The number of sulfonamides is 1. The topological polar surface area (TPSA) is 96.0 Å². The molecule has 0 aliphatic carbocycles. The average molecular weight is 522 g/mol. The number of carbonyl (C=O) groups is 2. The summed E-state index contributed by atoms with van der Waals surface area (Å²) in [5.41, 5.74) is 0.667. The molecule has 36 heavy (non-hydrogen) atoms. The molecular weight excluding hydrogens is 485 g/mol. The molecule has 2 aromatic carbocycles. The molecule has 0 spiro atoms. The van der Waals surface area contributed by atoms with Crippen LogP contribution in [0.25, 0.3) is 0 Å². The first kappa shape index (κ1) is 29.1. The monoisotopic (exact) mass is 521 g/mol. The fraction of sp³-hybridized carbons (Fsp3) is 0.462. The van der Waals surface area contributed by atoms with E-state index in [2.05, 4.69) is 5.32 Å². The molecule has 0 saturated carbocycles. The van der Waals surface area contributed by atoms with Gasteiger partial charge in [0.1, 0.15) is 17.6 Å². The number of halogens is 1. The number of benzene rings is 2. The first-order valence-corrected chi connectivity index (χ1v) is 13.8.